The van der Waals surface area contributed by atoms with Crippen LogP contribution in [0.3, 0.4) is 0 Å². The average molecular weight is 279 g/mol. The molecule has 2 fully saturated rings. The van der Waals surface area contributed by atoms with E-state index in [1.165, 1.54) is 0 Å². The molecule has 0 radical (unpaired) electrons. The second-order valence-corrected chi connectivity index (χ2v) is 6.14. The summed E-state index contributed by atoms with van der Waals surface area (Å²) in [6.45, 7) is 7.34. The number of nitrogens with zero attached hydrogens (tertiary/aromatic N) is 2. The summed E-state index contributed by atoms with van der Waals surface area (Å²) in [4.78, 5) is 0. The Bertz CT molecular complexity index is 466. The summed E-state index contributed by atoms with van der Waals surface area (Å²) < 4.78 is 13.6. The summed E-state index contributed by atoms with van der Waals surface area (Å²) in [6, 6.07) is 2.17. The number of nitrogens with two attached hydrogens (primary N) is 1. The van der Waals surface area contributed by atoms with Gasteiger partial charge in [-0.15, -0.1) is 0 Å². The average Bonchev–Trinajstić information content (AvgIpc) is 3.05. The minimum absolute atomic E-state index is 0.0394. The largest absolute Gasteiger partial charge is 0.378 e. The number of aryl methyl sites for hydroxylation is 2. The van der Waals surface area contributed by atoms with Crippen LogP contribution in [0.1, 0.15) is 43.6 Å². The zero-order valence-electron chi connectivity index (χ0n) is 12.5. The molecule has 1 aromatic rings. The van der Waals surface area contributed by atoms with E-state index < -0.39 is 0 Å². The summed E-state index contributed by atoms with van der Waals surface area (Å²) in [5.74, 6) is 0.451. The third-order valence-electron chi connectivity index (χ3n) is 4.68. The molecule has 2 aliphatic rings. The fourth-order valence-corrected chi connectivity index (χ4v) is 3.56. The summed E-state index contributed by atoms with van der Waals surface area (Å²) in [6.07, 6.45) is 3.03. The van der Waals surface area contributed by atoms with Gasteiger partial charge in [0.2, 0.25) is 0 Å². The molecule has 2 aliphatic heterocycles. The van der Waals surface area contributed by atoms with E-state index in [-0.39, 0.29) is 11.6 Å². The molecule has 2 N–H and O–H groups in total. The SMILES string of the molecule is CCn1nc(C)cc1C(N)C1CCOC2(CCOC2)C1. The topological polar surface area (TPSA) is 62.3 Å². The first-order chi connectivity index (χ1) is 9.63. The highest BCUT2D eigenvalue weighted by atomic mass is 16.6. The highest BCUT2D eigenvalue weighted by Gasteiger charge is 2.43. The van der Waals surface area contributed by atoms with Crippen molar-refractivity contribution in [2.75, 3.05) is 19.8 Å². The fraction of sp³-hybridized carbons (Fsp3) is 0.800. The number of hydrogen-bond acceptors (Lipinski definition) is 4. The van der Waals surface area contributed by atoms with Gasteiger partial charge in [0.1, 0.15) is 0 Å². The standard InChI is InChI=1S/C15H25N3O2/c1-3-18-13(8-11(2)17-18)14(16)12-4-6-20-15(9-12)5-7-19-10-15/h8,12,14H,3-7,9-10,16H2,1-2H3. The smallest absolute Gasteiger partial charge is 0.0940 e. The predicted octanol–water partition coefficient (Wildman–Crippen LogP) is 1.80. The van der Waals surface area contributed by atoms with E-state index in [4.69, 9.17) is 15.2 Å². The zero-order valence-corrected chi connectivity index (χ0v) is 12.5. The lowest BCUT2D eigenvalue weighted by Crippen LogP contribution is -2.43. The molecule has 2 saturated heterocycles. The zero-order chi connectivity index (χ0) is 14.2. The first kappa shape index (κ1) is 14.0. The van der Waals surface area contributed by atoms with Gasteiger partial charge in [-0.25, -0.2) is 0 Å². The number of aromatic nitrogens is 2. The van der Waals surface area contributed by atoms with Gasteiger partial charge in [0, 0.05) is 32.2 Å². The monoisotopic (exact) mass is 279 g/mol. The van der Waals surface area contributed by atoms with Crippen molar-refractivity contribution < 1.29 is 9.47 Å². The third kappa shape index (κ3) is 2.50. The molecule has 0 saturated carbocycles. The first-order valence-electron chi connectivity index (χ1n) is 7.65. The molecule has 1 aromatic heterocycles. The maximum absolute atomic E-state index is 6.55. The van der Waals surface area contributed by atoms with Gasteiger partial charge < -0.3 is 15.2 Å². The van der Waals surface area contributed by atoms with Crippen LogP contribution in [0.5, 0.6) is 0 Å². The van der Waals surface area contributed by atoms with Crippen LogP contribution >= 0.6 is 0 Å². The van der Waals surface area contributed by atoms with Crippen LogP contribution in [0, 0.1) is 12.8 Å². The van der Waals surface area contributed by atoms with Crippen molar-refractivity contribution in [3.63, 3.8) is 0 Å². The van der Waals surface area contributed by atoms with E-state index >= 15 is 0 Å². The molecule has 20 heavy (non-hydrogen) atoms. The molecule has 0 aliphatic carbocycles. The predicted molar refractivity (Wildman–Crippen MR) is 76.4 cm³/mol. The van der Waals surface area contributed by atoms with Crippen molar-refractivity contribution in [3.8, 4) is 0 Å². The molecule has 0 amide bonds. The van der Waals surface area contributed by atoms with Gasteiger partial charge in [-0.05, 0) is 38.7 Å². The van der Waals surface area contributed by atoms with E-state index in [0.29, 0.717) is 5.92 Å². The number of hydrogen-bond donors (Lipinski definition) is 1. The van der Waals surface area contributed by atoms with Crippen molar-refractivity contribution in [3.05, 3.63) is 17.5 Å². The molecule has 3 unspecified atom stereocenters. The molecule has 3 atom stereocenters. The maximum Gasteiger partial charge on any atom is 0.0940 e. The summed E-state index contributed by atoms with van der Waals surface area (Å²) in [5, 5.41) is 4.51. The van der Waals surface area contributed by atoms with Crippen molar-refractivity contribution in [2.45, 2.75) is 51.3 Å². The molecule has 5 heteroatoms. The van der Waals surface area contributed by atoms with Crippen LogP contribution in [0.25, 0.3) is 0 Å². The van der Waals surface area contributed by atoms with Crippen LogP contribution in [-0.2, 0) is 16.0 Å². The highest BCUT2D eigenvalue weighted by Crippen LogP contribution is 2.40. The Kier molecular flexibility index (Phi) is 3.84. The van der Waals surface area contributed by atoms with Gasteiger partial charge in [0.05, 0.1) is 23.6 Å². The van der Waals surface area contributed by atoms with Gasteiger partial charge >= 0.3 is 0 Å². The van der Waals surface area contributed by atoms with Crippen molar-refractivity contribution >= 4 is 0 Å². The molecule has 0 aromatic carbocycles. The van der Waals surface area contributed by atoms with Crippen molar-refractivity contribution in [2.24, 2.45) is 11.7 Å². The molecular formula is C15H25N3O2. The Hall–Kier alpha value is -0.910. The summed E-state index contributed by atoms with van der Waals surface area (Å²) >= 11 is 0. The Morgan fingerprint density at radius 2 is 2.40 bits per heavy atom. The lowest BCUT2D eigenvalue weighted by Gasteiger charge is -2.39. The molecule has 3 heterocycles. The first-order valence-corrected chi connectivity index (χ1v) is 7.65. The van der Waals surface area contributed by atoms with E-state index in [0.717, 1.165) is 57.0 Å². The van der Waals surface area contributed by atoms with E-state index in [9.17, 15) is 0 Å². The minimum atomic E-state index is -0.0767. The van der Waals surface area contributed by atoms with Gasteiger partial charge in [-0.1, -0.05) is 0 Å². The lowest BCUT2D eigenvalue weighted by atomic mass is 9.80. The minimum Gasteiger partial charge on any atom is -0.378 e. The fourth-order valence-electron chi connectivity index (χ4n) is 3.56. The van der Waals surface area contributed by atoms with Gasteiger partial charge in [0.15, 0.2) is 0 Å². The Balaban J connectivity index is 1.77. The number of rotatable bonds is 3. The van der Waals surface area contributed by atoms with Crippen molar-refractivity contribution in [1.82, 2.24) is 9.78 Å². The molecular weight excluding hydrogens is 254 g/mol. The molecule has 0 bridgehead atoms. The Morgan fingerprint density at radius 3 is 3.10 bits per heavy atom. The van der Waals surface area contributed by atoms with Crippen LogP contribution in [-0.4, -0.2) is 35.2 Å². The quantitative estimate of drug-likeness (QED) is 0.916. The van der Waals surface area contributed by atoms with E-state index in [1.807, 2.05) is 11.6 Å². The highest BCUT2D eigenvalue weighted by molar-refractivity contribution is 5.14. The Labute approximate surface area is 120 Å². The van der Waals surface area contributed by atoms with Crippen LogP contribution in [0.4, 0.5) is 0 Å². The van der Waals surface area contributed by atoms with Crippen molar-refractivity contribution in [1.29, 1.82) is 0 Å². The van der Waals surface area contributed by atoms with E-state index in [1.54, 1.807) is 0 Å². The third-order valence-corrected chi connectivity index (χ3v) is 4.68. The van der Waals surface area contributed by atoms with Gasteiger partial charge in [0.25, 0.3) is 0 Å². The van der Waals surface area contributed by atoms with Gasteiger partial charge in [-0.2, -0.15) is 5.10 Å². The second kappa shape index (κ2) is 5.47. The van der Waals surface area contributed by atoms with E-state index in [2.05, 4.69) is 18.1 Å². The second-order valence-electron chi connectivity index (χ2n) is 6.14. The molecule has 3 rings (SSSR count). The maximum atomic E-state index is 6.55. The molecule has 1 spiro atoms. The summed E-state index contributed by atoms with van der Waals surface area (Å²) in [5.41, 5.74) is 8.68. The van der Waals surface area contributed by atoms with Crippen LogP contribution in [0.15, 0.2) is 6.07 Å². The summed E-state index contributed by atoms with van der Waals surface area (Å²) in [7, 11) is 0. The molecule has 112 valence electrons. The number of ether oxygens (including phenoxy) is 2. The molecule has 5 nitrogen and oxygen atoms in total. The lowest BCUT2D eigenvalue weighted by molar-refractivity contribution is -0.102. The normalized spacial score (nSPS) is 31.9. The van der Waals surface area contributed by atoms with Gasteiger partial charge in [-0.3, -0.25) is 4.68 Å². The van der Waals surface area contributed by atoms with Crippen LogP contribution < -0.4 is 5.73 Å². The van der Waals surface area contributed by atoms with Crippen LogP contribution in [0.2, 0.25) is 0 Å². The Morgan fingerprint density at radius 1 is 1.55 bits per heavy atom.